The van der Waals surface area contributed by atoms with Crippen molar-refractivity contribution in [3.63, 3.8) is 0 Å². The van der Waals surface area contributed by atoms with Crippen LogP contribution in [-0.2, 0) is 0 Å². The van der Waals surface area contributed by atoms with Crippen LogP contribution >= 0.6 is 12.4 Å². The third kappa shape index (κ3) is 3.22. The smallest absolute Gasteiger partial charge is 0.341 e. The van der Waals surface area contributed by atoms with Crippen LogP contribution in [-0.4, -0.2) is 48.4 Å². The first kappa shape index (κ1) is 20.9. The van der Waals surface area contributed by atoms with Gasteiger partial charge in [0.2, 0.25) is 5.43 Å². The zero-order chi connectivity index (χ0) is 20.3. The molecule has 1 saturated carbocycles. The summed E-state index contributed by atoms with van der Waals surface area (Å²) in [6.07, 6.45) is 5.40. The first-order valence-electron chi connectivity index (χ1n) is 10.2. The number of anilines is 1. The van der Waals surface area contributed by atoms with Crippen LogP contribution in [0.25, 0.3) is 10.9 Å². The highest BCUT2D eigenvalue weighted by Gasteiger charge is 2.38. The number of aromatic nitrogens is 1. The predicted molar refractivity (Wildman–Crippen MR) is 114 cm³/mol. The Balaban J connectivity index is 0.00000218. The van der Waals surface area contributed by atoms with Crippen molar-refractivity contribution in [1.29, 1.82) is 0 Å². The van der Waals surface area contributed by atoms with E-state index in [9.17, 15) is 14.7 Å². The van der Waals surface area contributed by atoms with Gasteiger partial charge in [-0.15, -0.1) is 12.4 Å². The van der Waals surface area contributed by atoms with Gasteiger partial charge in [-0.3, -0.25) is 4.79 Å². The molecule has 1 aromatic heterocycles. The molecule has 3 aliphatic rings. The topological polar surface area (TPSA) is 83.8 Å². The summed E-state index contributed by atoms with van der Waals surface area (Å²) in [6.45, 7) is 2.40. The van der Waals surface area contributed by atoms with E-state index in [4.69, 9.17) is 4.74 Å². The summed E-state index contributed by atoms with van der Waals surface area (Å²) in [4.78, 5) is 26.4. The Morgan fingerprint density at radius 2 is 2.07 bits per heavy atom. The second-order valence-electron chi connectivity index (χ2n) is 8.32. The summed E-state index contributed by atoms with van der Waals surface area (Å²) >= 11 is 0. The minimum absolute atomic E-state index is 0. The van der Waals surface area contributed by atoms with E-state index in [1.165, 1.54) is 19.4 Å². The lowest BCUT2D eigenvalue weighted by Gasteiger charge is -2.25. The summed E-state index contributed by atoms with van der Waals surface area (Å²) in [5.41, 5.74) is -0.155. The maximum atomic E-state index is 15.3. The molecule has 7 nitrogen and oxygen atoms in total. The highest BCUT2D eigenvalue weighted by molar-refractivity contribution is 5.97. The second-order valence-corrected chi connectivity index (χ2v) is 8.32. The molecule has 0 spiro atoms. The predicted octanol–water partition coefficient (Wildman–Crippen LogP) is 2.79. The van der Waals surface area contributed by atoms with Gasteiger partial charge in [0.15, 0.2) is 11.6 Å². The highest BCUT2D eigenvalue weighted by Crippen LogP contribution is 2.45. The Hall–Kier alpha value is -2.32. The van der Waals surface area contributed by atoms with Gasteiger partial charge in [-0.25, -0.2) is 9.18 Å². The van der Waals surface area contributed by atoms with Gasteiger partial charge in [0.05, 0.1) is 18.0 Å². The number of methoxy groups -OCH3 is 1. The highest BCUT2D eigenvalue weighted by atomic mass is 35.5. The van der Waals surface area contributed by atoms with E-state index in [0.717, 1.165) is 38.8 Å². The number of rotatable bonds is 4. The molecule has 5 rings (SSSR count). The molecule has 162 valence electrons. The van der Waals surface area contributed by atoms with Gasteiger partial charge in [0.1, 0.15) is 11.3 Å². The summed E-state index contributed by atoms with van der Waals surface area (Å²) in [5.74, 6) is -1.07. The number of nitrogens with one attached hydrogen (secondary N) is 1. The van der Waals surface area contributed by atoms with E-state index in [2.05, 4.69) is 5.32 Å². The summed E-state index contributed by atoms with van der Waals surface area (Å²) in [7, 11) is 1.48. The van der Waals surface area contributed by atoms with Crippen LogP contribution < -0.4 is 20.4 Å². The van der Waals surface area contributed by atoms with Crippen LogP contribution in [0.1, 0.15) is 42.1 Å². The van der Waals surface area contributed by atoms with Gasteiger partial charge in [-0.1, -0.05) is 0 Å². The maximum Gasteiger partial charge on any atom is 0.341 e. The molecule has 1 aliphatic carbocycles. The van der Waals surface area contributed by atoms with Crippen molar-refractivity contribution < 1.29 is 19.0 Å². The van der Waals surface area contributed by atoms with Gasteiger partial charge >= 0.3 is 5.97 Å². The molecule has 0 radical (unpaired) electrons. The standard InChI is InChI=1S/C21H24FN3O4.ClH/c1-29-20-17-13(19(26)14(21(27)28)9-25(17)12-4-5-12)7-15(22)18(20)24-8-11-3-2-6-23-16(11)10-24;/h7,9,11-12,16,23H,2-6,8,10H2,1H3,(H,27,28);1H/t11-,16-;/m1./s1. The van der Waals surface area contributed by atoms with Crippen LogP contribution in [0.4, 0.5) is 10.1 Å². The number of hydrogen-bond donors (Lipinski definition) is 2. The minimum Gasteiger partial charge on any atom is -0.492 e. The molecule has 3 heterocycles. The van der Waals surface area contributed by atoms with Gasteiger partial charge in [0.25, 0.3) is 0 Å². The van der Waals surface area contributed by atoms with Crippen LogP contribution in [0, 0.1) is 11.7 Å². The number of aromatic carboxylic acids is 1. The van der Waals surface area contributed by atoms with Crippen molar-refractivity contribution in [2.24, 2.45) is 5.92 Å². The molecule has 3 fully saturated rings. The average molecular weight is 438 g/mol. The molecule has 1 aromatic carbocycles. The van der Waals surface area contributed by atoms with E-state index in [-0.39, 0.29) is 29.4 Å². The normalized spacial score (nSPS) is 23.2. The second kappa shape index (κ2) is 7.74. The SMILES string of the molecule is COc1c(N2C[C@H]3CCCN[C@@H]3C2)c(F)cc2c(=O)c(C(=O)O)cn(C3CC3)c12.Cl. The number of carboxylic acids is 1. The Labute approximate surface area is 179 Å². The zero-order valence-electron chi connectivity index (χ0n) is 16.7. The Bertz CT molecular complexity index is 1050. The molecule has 2 atom stereocenters. The third-order valence-electron chi connectivity index (χ3n) is 6.49. The lowest BCUT2D eigenvalue weighted by molar-refractivity contribution is 0.0695. The number of carbonyl (C=O) groups is 1. The molecule has 0 unspecified atom stereocenters. The van der Waals surface area contributed by atoms with Gasteiger partial charge in [-0.05, 0) is 44.2 Å². The Morgan fingerprint density at radius 1 is 1.30 bits per heavy atom. The summed E-state index contributed by atoms with van der Waals surface area (Å²) < 4.78 is 22.8. The molecular weight excluding hydrogens is 413 g/mol. The number of nitrogens with zero attached hydrogens (tertiary/aromatic N) is 2. The van der Waals surface area contributed by atoms with Gasteiger partial charge in [0, 0.05) is 31.4 Å². The number of pyridine rings is 1. The van der Waals surface area contributed by atoms with Gasteiger partial charge in [-0.2, -0.15) is 0 Å². The molecule has 9 heteroatoms. The number of piperidine rings is 1. The number of carboxylic acid groups (broad SMARTS) is 1. The number of fused-ring (bicyclic) bond motifs is 2. The fourth-order valence-corrected chi connectivity index (χ4v) is 4.95. The van der Waals surface area contributed by atoms with Crippen molar-refractivity contribution in [3.8, 4) is 5.75 Å². The quantitative estimate of drug-likeness (QED) is 0.765. The lowest BCUT2D eigenvalue weighted by atomic mass is 9.94. The Kier molecular flexibility index (Phi) is 5.40. The summed E-state index contributed by atoms with van der Waals surface area (Å²) in [6, 6.07) is 1.62. The van der Waals surface area contributed by atoms with E-state index in [1.807, 2.05) is 4.90 Å². The lowest BCUT2D eigenvalue weighted by Crippen LogP contribution is -2.40. The third-order valence-corrected chi connectivity index (χ3v) is 6.49. The van der Waals surface area contributed by atoms with E-state index in [1.54, 1.807) is 4.57 Å². The van der Waals surface area contributed by atoms with Crippen molar-refractivity contribution in [2.75, 3.05) is 31.6 Å². The van der Waals surface area contributed by atoms with Crippen LogP contribution in [0.2, 0.25) is 0 Å². The van der Waals surface area contributed by atoms with Crippen molar-refractivity contribution in [2.45, 2.75) is 37.8 Å². The maximum absolute atomic E-state index is 15.3. The number of benzene rings is 1. The number of halogens is 2. The fourth-order valence-electron chi connectivity index (χ4n) is 4.95. The fraction of sp³-hybridized carbons (Fsp3) is 0.524. The first-order chi connectivity index (χ1) is 14.0. The molecule has 2 aliphatic heterocycles. The summed E-state index contributed by atoms with van der Waals surface area (Å²) in [5, 5.41) is 13.0. The first-order valence-corrected chi connectivity index (χ1v) is 10.2. The monoisotopic (exact) mass is 437 g/mol. The largest absolute Gasteiger partial charge is 0.492 e. The molecular formula is C21H25ClFN3O4. The van der Waals surface area contributed by atoms with Crippen molar-refractivity contribution >= 4 is 35.0 Å². The molecule has 0 amide bonds. The van der Waals surface area contributed by atoms with Crippen molar-refractivity contribution in [3.05, 3.63) is 33.9 Å². The van der Waals surface area contributed by atoms with Gasteiger partial charge < -0.3 is 24.6 Å². The zero-order valence-corrected chi connectivity index (χ0v) is 17.5. The van der Waals surface area contributed by atoms with E-state index in [0.29, 0.717) is 35.5 Å². The molecule has 30 heavy (non-hydrogen) atoms. The van der Waals surface area contributed by atoms with E-state index >= 15 is 4.39 Å². The number of ether oxygens (including phenoxy) is 1. The Morgan fingerprint density at radius 3 is 2.70 bits per heavy atom. The minimum atomic E-state index is -1.30. The van der Waals surface area contributed by atoms with Crippen LogP contribution in [0.3, 0.4) is 0 Å². The van der Waals surface area contributed by atoms with E-state index < -0.39 is 17.2 Å². The molecule has 2 aromatic rings. The van der Waals surface area contributed by atoms with Crippen LogP contribution in [0.5, 0.6) is 5.75 Å². The molecule has 2 N–H and O–H groups in total. The van der Waals surface area contributed by atoms with Crippen molar-refractivity contribution in [1.82, 2.24) is 9.88 Å². The van der Waals surface area contributed by atoms with Crippen LogP contribution in [0.15, 0.2) is 17.1 Å². The molecule has 0 bridgehead atoms. The number of hydrogen-bond acceptors (Lipinski definition) is 5. The molecule has 2 saturated heterocycles. The average Bonchev–Trinajstić information content (AvgIpc) is 3.45.